The summed E-state index contributed by atoms with van der Waals surface area (Å²) in [4.78, 5) is 10.3. The Balaban J connectivity index is 0.000000810. The normalized spacial score (nSPS) is 32.5. The molecule has 1 nitrogen and oxygen atoms in total. The smallest absolute Gasteiger partial charge is 0.123 e. The van der Waals surface area contributed by atoms with Crippen LogP contribution in [-0.2, 0) is 4.79 Å². The zero-order valence-electron chi connectivity index (χ0n) is 5.97. The molecule has 0 aliphatic heterocycles. The Morgan fingerprint density at radius 2 is 1.70 bits per heavy atom. The molecule has 0 heterocycles. The van der Waals surface area contributed by atoms with Crippen molar-refractivity contribution < 1.29 is 4.79 Å². The van der Waals surface area contributed by atoms with Crippen LogP contribution in [-0.4, -0.2) is 6.29 Å². The molecule has 1 aliphatic carbocycles. The van der Waals surface area contributed by atoms with Gasteiger partial charge in [0.2, 0.25) is 0 Å². The molecule has 1 saturated carbocycles. The van der Waals surface area contributed by atoms with Gasteiger partial charge in [0.15, 0.2) is 0 Å². The molecule has 0 N–H and O–H groups in total. The van der Waals surface area contributed by atoms with E-state index in [1.54, 1.807) is 0 Å². The average Bonchev–Trinajstić information content (AvgIpc) is 1.90. The summed E-state index contributed by atoms with van der Waals surface area (Å²) in [6.45, 7) is 2.26. The molecular formula is C9H18O. The van der Waals surface area contributed by atoms with Gasteiger partial charge in [-0.25, -0.2) is 0 Å². The van der Waals surface area contributed by atoms with Gasteiger partial charge in [0.1, 0.15) is 6.29 Å². The summed E-state index contributed by atoms with van der Waals surface area (Å²) in [5, 5.41) is 0. The third kappa shape index (κ3) is 2.51. The van der Waals surface area contributed by atoms with Crippen molar-refractivity contribution in [3.8, 4) is 0 Å². The third-order valence-corrected chi connectivity index (χ3v) is 2.25. The number of aldehydes is 1. The van der Waals surface area contributed by atoms with Gasteiger partial charge in [0.05, 0.1) is 0 Å². The number of rotatable bonds is 1. The van der Waals surface area contributed by atoms with E-state index in [9.17, 15) is 4.79 Å². The lowest BCUT2D eigenvalue weighted by atomic mass is 9.84. The second kappa shape index (κ2) is 4.48. The molecule has 1 heteroatoms. The van der Waals surface area contributed by atoms with Gasteiger partial charge in [-0.05, 0) is 18.8 Å². The van der Waals surface area contributed by atoms with Gasteiger partial charge in [0, 0.05) is 5.92 Å². The highest BCUT2D eigenvalue weighted by Gasteiger charge is 2.16. The van der Waals surface area contributed by atoms with E-state index in [0.717, 1.165) is 25.0 Å². The summed E-state index contributed by atoms with van der Waals surface area (Å²) in [5.41, 5.74) is 0. The molecule has 0 atom stereocenters. The zero-order valence-corrected chi connectivity index (χ0v) is 5.97. The molecule has 0 saturated heterocycles. The third-order valence-electron chi connectivity index (χ3n) is 2.25. The number of hydrogen-bond acceptors (Lipinski definition) is 1. The summed E-state index contributed by atoms with van der Waals surface area (Å²) in [7, 11) is 0. The highest BCUT2D eigenvalue weighted by atomic mass is 16.1. The number of hydrogen-bond donors (Lipinski definition) is 0. The predicted octanol–water partition coefficient (Wildman–Crippen LogP) is 2.65. The lowest BCUT2D eigenvalue weighted by Gasteiger charge is -2.21. The van der Waals surface area contributed by atoms with Crippen molar-refractivity contribution in [1.29, 1.82) is 0 Å². The van der Waals surface area contributed by atoms with Crippen molar-refractivity contribution in [2.24, 2.45) is 11.8 Å². The first-order chi connectivity index (χ1) is 4.33. The van der Waals surface area contributed by atoms with Crippen LogP contribution in [0.1, 0.15) is 40.0 Å². The Hall–Kier alpha value is -0.330. The molecule has 1 fully saturated rings. The van der Waals surface area contributed by atoms with Gasteiger partial charge in [-0.1, -0.05) is 27.2 Å². The number of carbonyl (C=O) groups excluding carboxylic acids is 1. The highest BCUT2D eigenvalue weighted by Crippen LogP contribution is 2.26. The van der Waals surface area contributed by atoms with Gasteiger partial charge in [0.25, 0.3) is 0 Å². The van der Waals surface area contributed by atoms with Crippen molar-refractivity contribution in [1.82, 2.24) is 0 Å². The summed E-state index contributed by atoms with van der Waals surface area (Å²) >= 11 is 0. The van der Waals surface area contributed by atoms with Crippen LogP contribution >= 0.6 is 0 Å². The van der Waals surface area contributed by atoms with Crippen LogP contribution in [0.2, 0.25) is 0 Å². The van der Waals surface area contributed by atoms with Crippen molar-refractivity contribution >= 4 is 6.29 Å². The Bertz CT molecular complexity index is 90.9. The quantitative estimate of drug-likeness (QED) is 0.514. The fraction of sp³-hybridized carbons (Fsp3) is 0.889. The lowest BCUT2D eigenvalue weighted by Crippen LogP contribution is -2.12. The highest BCUT2D eigenvalue weighted by molar-refractivity contribution is 5.53. The molecule has 1 rings (SSSR count). The Morgan fingerprint density at radius 3 is 2.10 bits per heavy atom. The van der Waals surface area contributed by atoms with Crippen molar-refractivity contribution in [2.45, 2.75) is 40.0 Å². The summed E-state index contributed by atoms with van der Waals surface area (Å²) in [6, 6.07) is 0. The molecule has 0 amide bonds. The lowest BCUT2D eigenvalue weighted by molar-refractivity contribution is -0.112. The van der Waals surface area contributed by atoms with E-state index in [1.807, 2.05) is 0 Å². The summed E-state index contributed by atoms with van der Waals surface area (Å²) in [5.74, 6) is 1.25. The predicted molar refractivity (Wildman–Crippen MR) is 43.9 cm³/mol. The second-order valence-corrected chi connectivity index (χ2v) is 3.16. The van der Waals surface area contributed by atoms with Crippen LogP contribution in [0.15, 0.2) is 0 Å². The van der Waals surface area contributed by atoms with E-state index in [-0.39, 0.29) is 7.43 Å². The van der Waals surface area contributed by atoms with Crippen LogP contribution in [0.5, 0.6) is 0 Å². The fourth-order valence-electron chi connectivity index (χ4n) is 1.42. The topological polar surface area (TPSA) is 17.1 Å². The second-order valence-electron chi connectivity index (χ2n) is 3.16. The van der Waals surface area contributed by atoms with Crippen LogP contribution < -0.4 is 0 Å². The van der Waals surface area contributed by atoms with E-state index in [4.69, 9.17) is 0 Å². The van der Waals surface area contributed by atoms with Gasteiger partial charge in [-0.2, -0.15) is 0 Å². The van der Waals surface area contributed by atoms with E-state index >= 15 is 0 Å². The molecule has 0 aromatic carbocycles. The zero-order chi connectivity index (χ0) is 6.69. The van der Waals surface area contributed by atoms with Crippen molar-refractivity contribution in [3.63, 3.8) is 0 Å². The van der Waals surface area contributed by atoms with Gasteiger partial charge < -0.3 is 4.79 Å². The molecule has 0 bridgehead atoms. The van der Waals surface area contributed by atoms with Crippen LogP contribution in [0, 0.1) is 11.8 Å². The standard InChI is InChI=1S/C8H14O.CH4/c1-7-2-4-8(6-9)5-3-7;/h6-8H,2-5H2,1H3;1H4. The first-order valence-electron chi connectivity index (χ1n) is 3.78. The van der Waals surface area contributed by atoms with Crippen LogP contribution in [0.3, 0.4) is 0 Å². The average molecular weight is 142 g/mol. The number of carbonyl (C=O) groups is 1. The maximum absolute atomic E-state index is 10.3. The van der Waals surface area contributed by atoms with E-state index in [2.05, 4.69) is 6.92 Å². The maximum atomic E-state index is 10.3. The van der Waals surface area contributed by atoms with Crippen LogP contribution in [0.25, 0.3) is 0 Å². The first-order valence-corrected chi connectivity index (χ1v) is 3.78. The van der Waals surface area contributed by atoms with E-state index < -0.39 is 0 Å². The van der Waals surface area contributed by atoms with Gasteiger partial charge >= 0.3 is 0 Å². The van der Waals surface area contributed by atoms with Crippen LogP contribution in [0.4, 0.5) is 0 Å². The Kier molecular flexibility index (Phi) is 4.33. The molecule has 60 valence electrons. The molecule has 1 aliphatic rings. The van der Waals surface area contributed by atoms with Crippen molar-refractivity contribution in [3.05, 3.63) is 0 Å². The first kappa shape index (κ1) is 9.67. The van der Waals surface area contributed by atoms with Crippen molar-refractivity contribution in [2.75, 3.05) is 0 Å². The minimum Gasteiger partial charge on any atom is -0.303 e. The molecule has 0 unspecified atom stereocenters. The fourth-order valence-corrected chi connectivity index (χ4v) is 1.42. The molecule has 0 aromatic rings. The van der Waals surface area contributed by atoms with E-state index in [1.165, 1.54) is 12.8 Å². The SMILES string of the molecule is C.CC1CCC(C=O)CC1. The molecular weight excluding hydrogens is 124 g/mol. The Labute approximate surface area is 63.8 Å². The Morgan fingerprint density at radius 1 is 1.20 bits per heavy atom. The molecule has 0 spiro atoms. The minimum atomic E-state index is 0. The molecule has 0 radical (unpaired) electrons. The monoisotopic (exact) mass is 142 g/mol. The molecule has 0 aromatic heterocycles. The van der Waals surface area contributed by atoms with E-state index in [0.29, 0.717) is 5.92 Å². The summed E-state index contributed by atoms with van der Waals surface area (Å²) in [6.07, 6.45) is 5.88. The largest absolute Gasteiger partial charge is 0.303 e. The van der Waals surface area contributed by atoms with Gasteiger partial charge in [-0.3, -0.25) is 0 Å². The summed E-state index contributed by atoms with van der Waals surface area (Å²) < 4.78 is 0. The molecule has 10 heavy (non-hydrogen) atoms. The maximum Gasteiger partial charge on any atom is 0.123 e. The minimum absolute atomic E-state index is 0. The van der Waals surface area contributed by atoms with Gasteiger partial charge in [-0.15, -0.1) is 0 Å².